The van der Waals surface area contributed by atoms with Crippen molar-refractivity contribution >= 4 is 21.6 Å². The van der Waals surface area contributed by atoms with Gasteiger partial charge in [-0.05, 0) is 50.2 Å². The van der Waals surface area contributed by atoms with E-state index in [2.05, 4.69) is 6.58 Å². The van der Waals surface area contributed by atoms with Crippen LogP contribution in [-0.4, -0.2) is 38.9 Å². The van der Waals surface area contributed by atoms with E-state index >= 15 is 0 Å². The van der Waals surface area contributed by atoms with Gasteiger partial charge in [0.2, 0.25) is 0 Å². The summed E-state index contributed by atoms with van der Waals surface area (Å²) in [5.41, 5.74) is 1.03. The largest absolute Gasteiger partial charge is 0.339 e. The van der Waals surface area contributed by atoms with Gasteiger partial charge < -0.3 is 4.90 Å². The Kier molecular flexibility index (Phi) is 6.58. The highest BCUT2D eigenvalue weighted by Crippen LogP contribution is 2.24. The second-order valence-electron chi connectivity index (χ2n) is 5.66. The van der Waals surface area contributed by atoms with Gasteiger partial charge in [0.1, 0.15) is 0 Å². The number of amides is 1. The van der Waals surface area contributed by atoms with Crippen molar-refractivity contribution in [2.75, 3.05) is 23.9 Å². The molecule has 0 saturated heterocycles. The maximum Gasteiger partial charge on any atom is 0.264 e. The summed E-state index contributed by atoms with van der Waals surface area (Å²) in [6.45, 7) is 8.90. The normalized spacial score (nSPS) is 11.0. The maximum absolute atomic E-state index is 12.9. The molecule has 0 radical (unpaired) electrons. The molecular weight excluding hydrogens is 348 g/mol. The SMILES string of the molecule is C=CCN(c1ccc(C(=O)N(CC)CC)cc1)S(=O)(=O)c1ccccc1. The van der Waals surface area contributed by atoms with Gasteiger partial charge in [0.25, 0.3) is 15.9 Å². The Labute approximate surface area is 155 Å². The average molecular weight is 372 g/mol. The number of carbonyl (C=O) groups excluding carboxylic acids is 1. The molecule has 0 atom stereocenters. The highest BCUT2D eigenvalue weighted by Gasteiger charge is 2.24. The predicted molar refractivity (Wildman–Crippen MR) is 105 cm³/mol. The van der Waals surface area contributed by atoms with Crippen LogP contribution in [-0.2, 0) is 10.0 Å². The summed E-state index contributed by atoms with van der Waals surface area (Å²) in [5, 5.41) is 0. The van der Waals surface area contributed by atoms with Crippen molar-refractivity contribution < 1.29 is 13.2 Å². The standard InChI is InChI=1S/C20H24N2O3S/c1-4-16-22(26(24,25)19-10-8-7-9-11-19)18-14-12-17(13-15-18)20(23)21(5-2)6-3/h4,7-15H,1,5-6,16H2,2-3H3. The minimum absolute atomic E-state index is 0.0669. The molecule has 2 rings (SSSR count). The van der Waals surface area contributed by atoms with E-state index in [0.29, 0.717) is 24.3 Å². The van der Waals surface area contributed by atoms with Crippen LogP contribution in [0, 0.1) is 0 Å². The first-order valence-corrected chi connectivity index (χ1v) is 9.97. The lowest BCUT2D eigenvalue weighted by Crippen LogP contribution is -2.32. The minimum atomic E-state index is -3.71. The summed E-state index contributed by atoms with van der Waals surface area (Å²) in [7, 11) is -3.71. The third kappa shape index (κ3) is 4.14. The lowest BCUT2D eigenvalue weighted by Gasteiger charge is -2.24. The Morgan fingerprint density at radius 3 is 2.08 bits per heavy atom. The van der Waals surface area contributed by atoms with Gasteiger partial charge in [0, 0.05) is 18.7 Å². The number of benzene rings is 2. The van der Waals surface area contributed by atoms with Gasteiger partial charge in [-0.1, -0.05) is 24.3 Å². The predicted octanol–water partition coefficient (Wildman–Crippen LogP) is 3.55. The zero-order chi connectivity index (χ0) is 19.2. The summed E-state index contributed by atoms with van der Waals surface area (Å²) in [6.07, 6.45) is 1.54. The highest BCUT2D eigenvalue weighted by atomic mass is 32.2. The first kappa shape index (κ1) is 19.7. The summed E-state index contributed by atoms with van der Waals surface area (Å²) >= 11 is 0. The van der Waals surface area contributed by atoms with Gasteiger partial charge in [-0.2, -0.15) is 0 Å². The molecule has 5 nitrogen and oxygen atoms in total. The molecule has 26 heavy (non-hydrogen) atoms. The molecule has 0 bridgehead atoms. The number of anilines is 1. The van der Waals surface area contributed by atoms with Crippen molar-refractivity contribution in [2.45, 2.75) is 18.7 Å². The third-order valence-corrected chi connectivity index (χ3v) is 5.89. The van der Waals surface area contributed by atoms with Gasteiger partial charge >= 0.3 is 0 Å². The van der Waals surface area contributed by atoms with E-state index in [9.17, 15) is 13.2 Å². The smallest absolute Gasteiger partial charge is 0.264 e. The fourth-order valence-corrected chi connectivity index (χ4v) is 4.10. The van der Waals surface area contributed by atoms with Crippen LogP contribution < -0.4 is 4.31 Å². The van der Waals surface area contributed by atoms with Crippen LogP contribution >= 0.6 is 0 Å². The van der Waals surface area contributed by atoms with E-state index in [1.54, 1.807) is 59.5 Å². The van der Waals surface area contributed by atoms with E-state index in [4.69, 9.17) is 0 Å². The molecule has 0 fully saturated rings. The van der Waals surface area contributed by atoms with E-state index in [1.165, 1.54) is 10.4 Å². The molecule has 1 amide bonds. The van der Waals surface area contributed by atoms with E-state index in [1.807, 2.05) is 13.8 Å². The van der Waals surface area contributed by atoms with Crippen LogP contribution in [0.2, 0.25) is 0 Å². The Hall–Kier alpha value is -2.60. The maximum atomic E-state index is 12.9. The molecule has 0 unspecified atom stereocenters. The molecule has 0 aliphatic heterocycles. The van der Waals surface area contributed by atoms with Gasteiger partial charge in [0.05, 0.1) is 17.1 Å². The summed E-state index contributed by atoms with van der Waals surface area (Å²) < 4.78 is 27.2. The molecule has 0 aliphatic rings. The molecule has 0 aliphatic carbocycles. The number of carbonyl (C=O) groups is 1. The summed E-state index contributed by atoms with van der Waals surface area (Å²) in [6, 6.07) is 14.9. The summed E-state index contributed by atoms with van der Waals surface area (Å²) in [5.74, 6) is -0.0669. The number of sulfonamides is 1. The third-order valence-electron chi connectivity index (χ3n) is 4.08. The van der Waals surface area contributed by atoms with Crippen LogP contribution in [0.15, 0.2) is 72.1 Å². The molecule has 0 saturated carbocycles. The van der Waals surface area contributed by atoms with Gasteiger partial charge in [-0.25, -0.2) is 8.42 Å². The van der Waals surface area contributed by atoms with Crippen LogP contribution in [0.1, 0.15) is 24.2 Å². The van der Waals surface area contributed by atoms with Crippen molar-refractivity contribution in [3.05, 3.63) is 72.8 Å². The topological polar surface area (TPSA) is 57.7 Å². The summed E-state index contributed by atoms with van der Waals surface area (Å²) in [4.78, 5) is 14.3. The van der Waals surface area contributed by atoms with Crippen molar-refractivity contribution in [1.29, 1.82) is 0 Å². The molecule has 0 heterocycles. The Bertz CT molecular complexity index is 842. The molecule has 6 heteroatoms. The van der Waals surface area contributed by atoms with Crippen LogP contribution in [0.5, 0.6) is 0 Å². The lowest BCUT2D eigenvalue weighted by molar-refractivity contribution is 0.0773. The molecule has 0 N–H and O–H groups in total. The van der Waals surface area contributed by atoms with Crippen molar-refractivity contribution in [2.24, 2.45) is 0 Å². The number of hydrogen-bond donors (Lipinski definition) is 0. The first-order chi connectivity index (χ1) is 12.5. The Morgan fingerprint density at radius 2 is 1.58 bits per heavy atom. The fraction of sp³-hybridized carbons (Fsp3) is 0.250. The minimum Gasteiger partial charge on any atom is -0.339 e. The zero-order valence-corrected chi connectivity index (χ0v) is 15.9. The average Bonchev–Trinajstić information content (AvgIpc) is 2.67. The van der Waals surface area contributed by atoms with Gasteiger partial charge in [0.15, 0.2) is 0 Å². The molecule has 0 aromatic heterocycles. The number of nitrogens with zero attached hydrogens (tertiary/aromatic N) is 2. The fourth-order valence-electron chi connectivity index (χ4n) is 2.64. The monoisotopic (exact) mass is 372 g/mol. The molecular formula is C20H24N2O3S. The molecule has 2 aromatic rings. The van der Waals surface area contributed by atoms with Crippen LogP contribution in [0.3, 0.4) is 0 Å². The quantitative estimate of drug-likeness (QED) is 0.666. The second-order valence-corrected chi connectivity index (χ2v) is 7.52. The first-order valence-electron chi connectivity index (χ1n) is 8.53. The van der Waals surface area contributed by atoms with E-state index in [0.717, 1.165) is 0 Å². The molecule has 0 spiro atoms. The number of hydrogen-bond acceptors (Lipinski definition) is 3. The zero-order valence-electron chi connectivity index (χ0n) is 15.1. The molecule has 138 valence electrons. The van der Waals surface area contributed by atoms with E-state index in [-0.39, 0.29) is 17.3 Å². The highest BCUT2D eigenvalue weighted by molar-refractivity contribution is 7.92. The van der Waals surface area contributed by atoms with Crippen LogP contribution in [0.25, 0.3) is 0 Å². The van der Waals surface area contributed by atoms with Gasteiger partial charge in [-0.3, -0.25) is 9.10 Å². The Balaban J connectivity index is 2.37. The van der Waals surface area contributed by atoms with Crippen molar-refractivity contribution in [1.82, 2.24) is 4.90 Å². The van der Waals surface area contributed by atoms with Crippen LogP contribution in [0.4, 0.5) is 5.69 Å². The Morgan fingerprint density at radius 1 is 1.00 bits per heavy atom. The number of rotatable bonds is 8. The van der Waals surface area contributed by atoms with Crippen molar-refractivity contribution in [3.63, 3.8) is 0 Å². The lowest BCUT2D eigenvalue weighted by atomic mass is 10.2. The molecule has 2 aromatic carbocycles. The second kappa shape index (κ2) is 8.67. The van der Waals surface area contributed by atoms with E-state index < -0.39 is 10.0 Å². The van der Waals surface area contributed by atoms with Crippen molar-refractivity contribution in [3.8, 4) is 0 Å². The van der Waals surface area contributed by atoms with Gasteiger partial charge in [-0.15, -0.1) is 6.58 Å².